The predicted octanol–water partition coefficient (Wildman–Crippen LogP) is 3.41. The van der Waals surface area contributed by atoms with Gasteiger partial charge in [0.25, 0.3) is 5.56 Å². The van der Waals surface area contributed by atoms with E-state index in [1.165, 1.54) is 0 Å². The summed E-state index contributed by atoms with van der Waals surface area (Å²) >= 11 is 1.55. The number of imidazole rings is 1. The molecular formula is C21H21N7OS. The van der Waals surface area contributed by atoms with Crippen molar-refractivity contribution in [1.29, 1.82) is 0 Å². The number of hydrogen-bond acceptors (Lipinski definition) is 6. The molecule has 152 valence electrons. The lowest BCUT2D eigenvalue weighted by molar-refractivity contribution is 0.662. The number of thioether (sulfide) groups is 1. The summed E-state index contributed by atoms with van der Waals surface area (Å²) in [5.41, 5.74) is 3.77. The molecule has 0 bridgehead atoms. The second-order valence-electron chi connectivity index (χ2n) is 7.32. The van der Waals surface area contributed by atoms with Crippen LogP contribution in [0.3, 0.4) is 0 Å². The van der Waals surface area contributed by atoms with E-state index in [9.17, 15) is 4.79 Å². The maximum atomic E-state index is 12.9. The van der Waals surface area contributed by atoms with E-state index in [0.717, 1.165) is 34.2 Å². The Labute approximate surface area is 176 Å². The summed E-state index contributed by atoms with van der Waals surface area (Å²) in [7, 11) is 0. The largest absolute Gasteiger partial charge is 0.288 e. The lowest BCUT2D eigenvalue weighted by Gasteiger charge is -2.10. The van der Waals surface area contributed by atoms with Crippen molar-refractivity contribution in [1.82, 2.24) is 33.5 Å². The SMILES string of the molecule is CCCn1c(=O)c2ccccc2n2c(SCc3cn4c(C)cc(C)nc4n3)nnc12. The number of benzene rings is 1. The lowest BCUT2D eigenvalue weighted by atomic mass is 10.2. The molecule has 4 aromatic heterocycles. The fraction of sp³-hybridized carbons (Fsp3) is 0.286. The zero-order valence-corrected chi connectivity index (χ0v) is 17.8. The number of aromatic nitrogens is 7. The molecule has 0 aliphatic heterocycles. The van der Waals surface area contributed by atoms with Crippen molar-refractivity contribution < 1.29 is 0 Å². The Kier molecular flexibility index (Phi) is 4.54. The van der Waals surface area contributed by atoms with Crippen molar-refractivity contribution in [3.8, 4) is 0 Å². The van der Waals surface area contributed by atoms with Gasteiger partial charge in [0.05, 0.1) is 16.6 Å². The average Bonchev–Trinajstić information content (AvgIpc) is 3.34. The van der Waals surface area contributed by atoms with Crippen molar-refractivity contribution in [3.63, 3.8) is 0 Å². The van der Waals surface area contributed by atoms with Gasteiger partial charge in [-0.3, -0.25) is 18.2 Å². The molecule has 8 nitrogen and oxygen atoms in total. The average molecular weight is 420 g/mol. The fourth-order valence-corrected chi connectivity index (χ4v) is 4.60. The Morgan fingerprint density at radius 3 is 2.77 bits per heavy atom. The minimum absolute atomic E-state index is 0.0267. The van der Waals surface area contributed by atoms with Crippen LogP contribution in [0.5, 0.6) is 0 Å². The highest BCUT2D eigenvalue weighted by Gasteiger charge is 2.17. The first-order chi connectivity index (χ1) is 14.6. The van der Waals surface area contributed by atoms with E-state index in [0.29, 0.717) is 29.2 Å². The second-order valence-corrected chi connectivity index (χ2v) is 8.26. The molecule has 0 fully saturated rings. The first kappa shape index (κ1) is 18.8. The third-order valence-corrected chi connectivity index (χ3v) is 6.05. The molecule has 5 rings (SSSR count). The van der Waals surface area contributed by atoms with Crippen LogP contribution in [0.15, 0.2) is 46.5 Å². The second kappa shape index (κ2) is 7.24. The van der Waals surface area contributed by atoms with E-state index in [1.54, 1.807) is 16.3 Å². The Hall–Kier alpha value is -3.20. The highest BCUT2D eigenvalue weighted by Crippen LogP contribution is 2.25. The normalized spacial score (nSPS) is 11.8. The third kappa shape index (κ3) is 2.97. The molecule has 0 radical (unpaired) electrons. The predicted molar refractivity (Wildman–Crippen MR) is 117 cm³/mol. The van der Waals surface area contributed by atoms with Gasteiger partial charge in [0, 0.05) is 29.9 Å². The summed E-state index contributed by atoms with van der Waals surface area (Å²) in [6, 6.07) is 9.65. The maximum absolute atomic E-state index is 12.9. The molecule has 0 saturated carbocycles. The molecule has 0 amide bonds. The first-order valence-electron chi connectivity index (χ1n) is 9.88. The molecule has 0 aliphatic rings. The van der Waals surface area contributed by atoms with Gasteiger partial charge in [-0.1, -0.05) is 30.8 Å². The van der Waals surface area contributed by atoms with Crippen LogP contribution in [0.4, 0.5) is 0 Å². The van der Waals surface area contributed by atoms with Gasteiger partial charge in [-0.15, -0.1) is 10.2 Å². The van der Waals surface area contributed by atoms with Gasteiger partial charge in [-0.05, 0) is 38.5 Å². The van der Waals surface area contributed by atoms with Gasteiger partial charge in [0.2, 0.25) is 11.6 Å². The minimum Gasteiger partial charge on any atom is -0.288 e. The molecule has 0 spiro atoms. The quantitative estimate of drug-likeness (QED) is 0.406. The van der Waals surface area contributed by atoms with Gasteiger partial charge in [-0.25, -0.2) is 9.97 Å². The molecule has 0 unspecified atom stereocenters. The highest BCUT2D eigenvalue weighted by atomic mass is 32.2. The standard InChI is InChI=1S/C21H21N7OS/c1-4-9-26-18(29)16-7-5-6-8-17(16)28-20(26)24-25-21(28)30-12-15-11-27-14(3)10-13(2)22-19(27)23-15/h5-8,10-11H,4,9,12H2,1-3H3. The number of aryl methyl sites for hydroxylation is 3. The van der Waals surface area contributed by atoms with Crippen molar-refractivity contribution in [2.24, 2.45) is 0 Å². The van der Waals surface area contributed by atoms with Crippen molar-refractivity contribution in [2.45, 2.75) is 44.6 Å². The van der Waals surface area contributed by atoms with Crippen LogP contribution < -0.4 is 5.56 Å². The van der Waals surface area contributed by atoms with Gasteiger partial charge < -0.3 is 0 Å². The van der Waals surface area contributed by atoms with Crippen LogP contribution in [0.25, 0.3) is 22.5 Å². The molecule has 0 saturated heterocycles. The number of para-hydroxylation sites is 1. The topological polar surface area (TPSA) is 82.4 Å². The number of nitrogens with zero attached hydrogens (tertiary/aromatic N) is 7. The number of hydrogen-bond donors (Lipinski definition) is 0. The minimum atomic E-state index is -0.0267. The van der Waals surface area contributed by atoms with Crippen molar-refractivity contribution >= 4 is 34.2 Å². The molecule has 5 aromatic rings. The number of rotatable bonds is 5. The monoisotopic (exact) mass is 419 g/mol. The van der Waals surface area contributed by atoms with Crippen LogP contribution >= 0.6 is 11.8 Å². The van der Waals surface area contributed by atoms with Crippen LogP contribution in [0, 0.1) is 13.8 Å². The van der Waals surface area contributed by atoms with Gasteiger partial charge in [-0.2, -0.15) is 0 Å². The summed E-state index contributed by atoms with van der Waals surface area (Å²) in [4.78, 5) is 22.1. The molecule has 0 N–H and O–H groups in total. The molecule has 0 atom stereocenters. The Balaban J connectivity index is 1.58. The number of fused-ring (bicyclic) bond motifs is 4. The van der Waals surface area contributed by atoms with Crippen LogP contribution in [0.2, 0.25) is 0 Å². The van der Waals surface area contributed by atoms with Crippen LogP contribution in [-0.2, 0) is 12.3 Å². The maximum Gasteiger partial charge on any atom is 0.262 e. The van der Waals surface area contributed by atoms with Crippen molar-refractivity contribution in [3.05, 3.63) is 64.0 Å². The fourth-order valence-electron chi connectivity index (χ4n) is 3.78. The zero-order chi connectivity index (χ0) is 20.8. The molecule has 1 aromatic carbocycles. The first-order valence-corrected chi connectivity index (χ1v) is 10.9. The van der Waals surface area contributed by atoms with E-state index < -0.39 is 0 Å². The molecule has 0 aliphatic carbocycles. The van der Waals surface area contributed by atoms with Gasteiger partial charge >= 0.3 is 0 Å². The Bertz CT molecular complexity index is 1460. The highest BCUT2D eigenvalue weighted by molar-refractivity contribution is 7.98. The smallest absolute Gasteiger partial charge is 0.262 e. The molecule has 9 heteroatoms. The summed E-state index contributed by atoms with van der Waals surface area (Å²) in [6.07, 6.45) is 2.86. The summed E-state index contributed by atoms with van der Waals surface area (Å²) in [5, 5.41) is 10.2. The van der Waals surface area contributed by atoms with Crippen LogP contribution in [0.1, 0.15) is 30.4 Å². The molecule has 30 heavy (non-hydrogen) atoms. The van der Waals surface area contributed by atoms with E-state index in [1.807, 2.05) is 66.1 Å². The lowest BCUT2D eigenvalue weighted by Crippen LogP contribution is -2.23. The summed E-state index contributed by atoms with van der Waals surface area (Å²) < 4.78 is 5.68. The summed E-state index contributed by atoms with van der Waals surface area (Å²) in [6.45, 7) is 6.67. The third-order valence-electron chi connectivity index (χ3n) is 5.09. The van der Waals surface area contributed by atoms with E-state index >= 15 is 0 Å². The van der Waals surface area contributed by atoms with Crippen molar-refractivity contribution in [2.75, 3.05) is 0 Å². The Morgan fingerprint density at radius 2 is 1.93 bits per heavy atom. The van der Waals surface area contributed by atoms with Gasteiger partial charge in [0.1, 0.15) is 0 Å². The zero-order valence-electron chi connectivity index (χ0n) is 17.0. The summed E-state index contributed by atoms with van der Waals surface area (Å²) in [5.74, 6) is 1.91. The van der Waals surface area contributed by atoms with E-state index in [-0.39, 0.29) is 5.56 Å². The van der Waals surface area contributed by atoms with E-state index in [4.69, 9.17) is 0 Å². The molecule has 4 heterocycles. The molecular weight excluding hydrogens is 398 g/mol. The Morgan fingerprint density at radius 1 is 1.10 bits per heavy atom. The van der Waals surface area contributed by atoms with Crippen LogP contribution in [-0.4, -0.2) is 33.5 Å². The van der Waals surface area contributed by atoms with Gasteiger partial charge in [0.15, 0.2) is 5.16 Å². The van der Waals surface area contributed by atoms with E-state index in [2.05, 4.69) is 20.2 Å².